The zero-order valence-electron chi connectivity index (χ0n) is 10.1. The summed E-state index contributed by atoms with van der Waals surface area (Å²) in [6.07, 6.45) is 0.922. The van der Waals surface area contributed by atoms with Gasteiger partial charge in [-0.2, -0.15) is 0 Å². The Balaban J connectivity index is 5.54. The molecule has 0 amide bonds. The van der Waals surface area contributed by atoms with Crippen molar-refractivity contribution >= 4 is 17.5 Å². The van der Waals surface area contributed by atoms with Crippen LogP contribution in [0.1, 0.15) is 33.6 Å². The normalized spacial score (nSPS) is 13.0. The van der Waals surface area contributed by atoms with E-state index in [0.717, 1.165) is 6.08 Å². The quantitative estimate of drug-likeness (QED) is 0.419. The first-order valence-electron chi connectivity index (χ1n) is 5.17. The van der Waals surface area contributed by atoms with Crippen LogP contribution in [0.3, 0.4) is 0 Å². The number of carboxylic acid groups (broad SMARTS) is 1. The van der Waals surface area contributed by atoms with Crippen LogP contribution >= 0.6 is 0 Å². The molecule has 0 atom stereocenters. The van der Waals surface area contributed by atoms with Crippen LogP contribution in [0, 0.1) is 0 Å². The van der Waals surface area contributed by atoms with E-state index < -0.39 is 11.8 Å². The number of aliphatic hydroxyl groups excluding tert-OH is 1. The number of carbonyl (C=O) groups excluding carboxylic acids is 2. The third-order valence-corrected chi connectivity index (χ3v) is 2.09. The zero-order chi connectivity index (χ0) is 13.6. The second-order valence-electron chi connectivity index (χ2n) is 3.51. The number of carboxylic acids is 1. The molecule has 94 valence electrons. The van der Waals surface area contributed by atoms with E-state index in [9.17, 15) is 19.5 Å². The average molecular weight is 240 g/mol. The monoisotopic (exact) mass is 240 g/mol. The largest absolute Gasteiger partial charge is 0.512 e. The number of allylic oxidation sites excluding steroid dienone is 3. The van der Waals surface area contributed by atoms with E-state index in [0.29, 0.717) is 0 Å². The van der Waals surface area contributed by atoms with Gasteiger partial charge in [-0.05, 0) is 13.8 Å². The Morgan fingerprint density at radius 3 is 1.94 bits per heavy atom. The summed E-state index contributed by atoms with van der Waals surface area (Å²) in [6.45, 7) is 4.10. The number of aliphatic carboxylic acids is 1. The highest BCUT2D eigenvalue weighted by atomic mass is 16.4. The van der Waals surface area contributed by atoms with Gasteiger partial charge < -0.3 is 10.2 Å². The molecule has 0 saturated heterocycles. The molecule has 0 rings (SSSR count). The molecule has 0 radical (unpaired) electrons. The molecule has 0 aromatic rings. The third-order valence-electron chi connectivity index (χ3n) is 2.09. The fourth-order valence-corrected chi connectivity index (χ4v) is 1.37. The van der Waals surface area contributed by atoms with Gasteiger partial charge in [-0.15, -0.1) is 0 Å². The maximum absolute atomic E-state index is 11.6. The van der Waals surface area contributed by atoms with Gasteiger partial charge in [0.2, 0.25) is 0 Å². The lowest BCUT2D eigenvalue weighted by molar-refractivity contribution is -0.136. The van der Waals surface area contributed by atoms with Gasteiger partial charge in [-0.1, -0.05) is 13.0 Å². The number of aliphatic hydroxyl groups is 1. The maximum Gasteiger partial charge on any atom is 0.307 e. The van der Waals surface area contributed by atoms with Crippen molar-refractivity contribution in [2.75, 3.05) is 0 Å². The minimum Gasteiger partial charge on any atom is -0.512 e. The van der Waals surface area contributed by atoms with Gasteiger partial charge in [-0.3, -0.25) is 14.4 Å². The number of hydrogen-bond donors (Lipinski definition) is 2. The number of rotatable bonds is 6. The van der Waals surface area contributed by atoms with Gasteiger partial charge in [0.05, 0.1) is 12.0 Å². The Hall–Kier alpha value is -1.91. The lowest BCUT2D eigenvalue weighted by atomic mass is 9.95. The Bertz CT molecular complexity index is 397. The van der Waals surface area contributed by atoms with Crippen LogP contribution in [0.2, 0.25) is 0 Å². The maximum atomic E-state index is 11.6. The topological polar surface area (TPSA) is 91.7 Å². The molecule has 0 heterocycles. The van der Waals surface area contributed by atoms with Crippen LogP contribution in [-0.2, 0) is 14.4 Å². The average Bonchev–Trinajstić information content (AvgIpc) is 2.21. The highest BCUT2D eigenvalue weighted by Gasteiger charge is 2.19. The number of ketones is 2. The fraction of sp³-hybridized carbons (Fsp3) is 0.417. The van der Waals surface area contributed by atoms with Gasteiger partial charge in [0.25, 0.3) is 0 Å². The lowest BCUT2D eigenvalue weighted by Crippen LogP contribution is -2.12. The smallest absolute Gasteiger partial charge is 0.307 e. The molecule has 0 aliphatic heterocycles. The van der Waals surface area contributed by atoms with Crippen molar-refractivity contribution in [3.8, 4) is 0 Å². The van der Waals surface area contributed by atoms with Crippen molar-refractivity contribution in [1.82, 2.24) is 0 Å². The second kappa shape index (κ2) is 6.62. The Kier molecular flexibility index (Phi) is 5.88. The van der Waals surface area contributed by atoms with E-state index in [1.807, 2.05) is 0 Å². The van der Waals surface area contributed by atoms with Crippen molar-refractivity contribution in [1.29, 1.82) is 0 Å². The summed E-state index contributed by atoms with van der Waals surface area (Å²) in [5, 5.41) is 17.9. The van der Waals surface area contributed by atoms with Crippen LogP contribution in [0.5, 0.6) is 0 Å². The fourth-order valence-electron chi connectivity index (χ4n) is 1.37. The molecule has 0 aromatic heterocycles. The van der Waals surface area contributed by atoms with Crippen LogP contribution < -0.4 is 0 Å². The highest BCUT2D eigenvalue weighted by Crippen LogP contribution is 2.18. The first-order chi connectivity index (χ1) is 7.81. The summed E-state index contributed by atoms with van der Waals surface area (Å²) >= 11 is 0. The number of hydrogen-bond acceptors (Lipinski definition) is 4. The van der Waals surface area contributed by atoms with Crippen LogP contribution in [0.25, 0.3) is 0 Å². The van der Waals surface area contributed by atoms with Crippen molar-refractivity contribution in [3.05, 3.63) is 23.0 Å². The van der Waals surface area contributed by atoms with Gasteiger partial charge in [0.1, 0.15) is 5.76 Å². The molecule has 0 fully saturated rings. The Labute approximate surface area is 99.4 Å². The van der Waals surface area contributed by atoms with Gasteiger partial charge in [0.15, 0.2) is 11.6 Å². The van der Waals surface area contributed by atoms with Crippen molar-refractivity contribution in [2.24, 2.45) is 0 Å². The predicted octanol–water partition coefficient (Wildman–Crippen LogP) is 1.79. The van der Waals surface area contributed by atoms with Crippen LogP contribution in [-0.4, -0.2) is 27.7 Å². The van der Waals surface area contributed by atoms with Crippen LogP contribution in [0.15, 0.2) is 23.0 Å². The van der Waals surface area contributed by atoms with E-state index in [1.165, 1.54) is 13.8 Å². The third kappa shape index (κ3) is 4.63. The molecule has 0 aromatic carbocycles. The summed E-state index contributed by atoms with van der Waals surface area (Å²) in [6, 6.07) is 0. The van der Waals surface area contributed by atoms with E-state index in [2.05, 4.69) is 0 Å². The Morgan fingerprint density at radius 2 is 1.65 bits per heavy atom. The molecule has 5 heteroatoms. The summed E-state index contributed by atoms with van der Waals surface area (Å²) in [4.78, 5) is 33.4. The van der Waals surface area contributed by atoms with Gasteiger partial charge >= 0.3 is 5.97 Å². The predicted molar refractivity (Wildman–Crippen MR) is 61.6 cm³/mol. The highest BCUT2D eigenvalue weighted by molar-refractivity contribution is 6.12. The summed E-state index contributed by atoms with van der Waals surface area (Å²) in [5.41, 5.74) is -0.138. The second-order valence-corrected chi connectivity index (χ2v) is 3.51. The van der Waals surface area contributed by atoms with Gasteiger partial charge in [-0.25, -0.2) is 0 Å². The number of Topliss-reactive ketones (excluding diaryl/α,β-unsaturated/α-hetero) is 2. The molecule has 0 spiro atoms. The van der Waals surface area contributed by atoms with E-state index in [-0.39, 0.29) is 35.5 Å². The number of carbonyl (C=O) groups is 3. The summed E-state index contributed by atoms with van der Waals surface area (Å²) < 4.78 is 0. The molecule has 0 aliphatic rings. The molecule has 0 saturated carbocycles. The minimum atomic E-state index is -1.11. The van der Waals surface area contributed by atoms with Crippen LogP contribution in [0.4, 0.5) is 0 Å². The summed E-state index contributed by atoms with van der Waals surface area (Å²) in [7, 11) is 0. The zero-order valence-corrected chi connectivity index (χ0v) is 10.1. The van der Waals surface area contributed by atoms with Crippen molar-refractivity contribution < 1.29 is 24.6 Å². The molecule has 2 N–H and O–H groups in total. The molecule has 0 bridgehead atoms. The molecular formula is C12H16O5. The lowest BCUT2D eigenvalue weighted by Gasteiger charge is -2.08. The Morgan fingerprint density at radius 1 is 1.12 bits per heavy atom. The summed E-state index contributed by atoms with van der Waals surface area (Å²) in [5.74, 6) is -2.23. The first kappa shape index (κ1) is 15.1. The molecule has 5 nitrogen and oxygen atoms in total. The molecule has 17 heavy (non-hydrogen) atoms. The molecular weight excluding hydrogens is 224 g/mol. The first-order valence-corrected chi connectivity index (χ1v) is 5.17. The van der Waals surface area contributed by atoms with Crippen molar-refractivity contribution in [3.63, 3.8) is 0 Å². The van der Waals surface area contributed by atoms with Crippen molar-refractivity contribution in [2.45, 2.75) is 33.6 Å². The standard InChI is InChI=1S/C12H16O5/c1-4-10(15)9(5-6-11(16)17)12(7(2)13)8(3)14/h5,13H,4,6H2,1-3H3,(H,16,17)/b9-5-,12-7+. The molecule has 0 unspecified atom stereocenters. The van der Waals surface area contributed by atoms with E-state index >= 15 is 0 Å². The SMILES string of the molecule is CCC(=O)C(=C/CC(=O)O)/C(C(C)=O)=C(\C)O. The minimum absolute atomic E-state index is 0.0256. The van der Waals surface area contributed by atoms with E-state index in [1.54, 1.807) is 6.92 Å². The van der Waals surface area contributed by atoms with E-state index in [4.69, 9.17) is 5.11 Å². The molecule has 0 aliphatic carbocycles. The van der Waals surface area contributed by atoms with Gasteiger partial charge in [0, 0.05) is 12.0 Å².